The van der Waals surface area contributed by atoms with Gasteiger partial charge in [0.05, 0.1) is 29.5 Å². The van der Waals surface area contributed by atoms with Gasteiger partial charge in [0, 0.05) is 12.0 Å². The number of nitrogens with zero attached hydrogens (tertiary/aromatic N) is 3. The Labute approximate surface area is 193 Å². The fraction of sp³-hybridized carbons (Fsp3) is 0.286. The summed E-state index contributed by atoms with van der Waals surface area (Å²) in [4.78, 5) is 5.43. The molecule has 0 bridgehead atoms. The molecule has 31 heavy (non-hydrogen) atoms. The molecule has 3 aromatic rings. The minimum atomic E-state index is -0.260. The van der Waals surface area contributed by atoms with E-state index in [1.807, 2.05) is 50.2 Å². The van der Waals surface area contributed by atoms with E-state index in [0.717, 1.165) is 16.3 Å². The van der Waals surface area contributed by atoms with Crippen molar-refractivity contribution in [3.63, 3.8) is 0 Å². The van der Waals surface area contributed by atoms with Gasteiger partial charge in [-0.15, -0.1) is 10.2 Å². The molecule has 3 rings (SSSR count). The molecule has 1 aromatic heterocycles. The van der Waals surface area contributed by atoms with Crippen LogP contribution in [0.25, 0.3) is 0 Å². The van der Waals surface area contributed by atoms with Gasteiger partial charge < -0.3 is 19.6 Å². The SMILES string of the molecule is COc1ccc(P(C)C)cc1Nc1nnc(Cl)c(Nc2ccccc2SOC(C)C)n1. The molecule has 2 N–H and O–H groups in total. The van der Waals surface area contributed by atoms with Crippen LogP contribution in [0.3, 0.4) is 0 Å². The topological polar surface area (TPSA) is 81.2 Å². The number of nitrogens with one attached hydrogen (secondary N) is 2. The van der Waals surface area contributed by atoms with E-state index in [2.05, 4.69) is 45.2 Å². The summed E-state index contributed by atoms with van der Waals surface area (Å²) in [7, 11) is 1.37. The number of hydrogen-bond acceptors (Lipinski definition) is 8. The Kier molecular flexibility index (Phi) is 8.32. The van der Waals surface area contributed by atoms with E-state index >= 15 is 0 Å². The number of ether oxygens (including phenoxy) is 1. The second kappa shape index (κ2) is 11.0. The lowest BCUT2D eigenvalue weighted by atomic mass is 10.3. The van der Waals surface area contributed by atoms with Gasteiger partial charge in [0.25, 0.3) is 0 Å². The third kappa shape index (κ3) is 6.43. The molecule has 0 atom stereocenters. The number of rotatable bonds is 9. The highest BCUT2D eigenvalue weighted by Crippen LogP contribution is 2.34. The zero-order chi connectivity index (χ0) is 22.4. The summed E-state index contributed by atoms with van der Waals surface area (Å²) in [5, 5.41) is 16.0. The number of methoxy groups -OCH3 is 1. The molecule has 0 aliphatic heterocycles. The Morgan fingerprint density at radius 2 is 1.81 bits per heavy atom. The first-order chi connectivity index (χ1) is 14.9. The van der Waals surface area contributed by atoms with Crippen LogP contribution in [0.4, 0.5) is 23.1 Å². The normalized spacial score (nSPS) is 11.1. The second-order valence-corrected chi connectivity index (χ2v) is 10.5. The molecule has 0 saturated carbocycles. The van der Waals surface area contributed by atoms with Gasteiger partial charge in [-0.2, -0.15) is 4.98 Å². The summed E-state index contributed by atoms with van der Waals surface area (Å²) in [5.41, 5.74) is 1.58. The van der Waals surface area contributed by atoms with Crippen molar-refractivity contribution in [3.8, 4) is 5.75 Å². The average molecular weight is 478 g/mol. The molecule has 1 heterocycles. The van der Waals surface area contributed by atoms with Gasteiger partial charge in [0.1, 0.15) is 5.75 Å². The maximum atomic E-state index is 6.27. The lowest BCUT2D eigenvalue weighted by Gasteiger charge is -2.15. The molecule has 0 aliphatic rings. The Bertz CT molecular complexity index is 1040. The van der Waals surface area contributed by atoms with Crippen molar-refractivity contribution in [1.29, 1.82) is 0 Å². The highest BCUT2D eigenvalue weighted by molar-refractivity contribution is 7.94. The van der Waals surface area contributed by atoms with E-state index in [1.54, 1.807) is 7.11 Å². The second-order valence-electron chi connectivity index (χ2n) is 7.03. The fourth-order valence-electron chi connectivity index (χ4n) is 2.56. The first-order valence-corrected chi connectivity index (χ1v) is 12.9. The third-order valence-corrected chi connectivity index (χ3v) is 6.64. The molecular weight excluding hydrogens is 453 g/mol. The van der Waals surface area contributed by atoms with Crippen LogP contribution in [0.2, 0.25) is 5.15 Å². The zero-order valence-electron chi connectivity index (χ0n) is 18.0. The minimum absolute atomic E-state index is 0.0937. The molecule has 2 aromatic carbocycles. The van der Waals surface area contributed by atoms with Gasteiger partial charge >= 0.3 is 0 Å². The Morgan fingerprint density at radius 1 is 1.03 bits per heavy atom. The Hall–Kier alpha value is -2.12. The lowest BCUT2D eigenvalue weighted by Crippen LogP contribution is -2.07. The Morgan fingerprint density at radius 3 is 2.52 bits per heavy atom. The molecule has 0 fully saturated rings. The van der Waals surface area contributed by atoms with Crippen LogP contribution < -0.4 is 20.7 Å². The van der Waals surface area contributed by atoms with Crippen molar-refractivity contribution in [1.82, 2.24) is 15.2 Å². The van der Waals surface area contributed by atoms with Crippen LogP contribution in [0.1, 0.15) is 13.8 Å². The van der Waals surface area contributed by atoms with Crippen molar-refractivity contribution >= 4 is 60.0 Å². The summed E-state index contributed by atoms with van der Waals surface area (Å²) in [5.74, 6) is 1.39. The van der Waals surface area contributed by atoms with Crippen molar-refractivity contribution in [2.45, 2.75) is 24.8 Å². The third-order valence-electron chi connectivity index (χ3n) is 4.06. The summed E-state index contributed by atoms with van der Waals surface area (Å²) in [6.07, 6.45) is 0.0937. The fourth-order valence-corrected chi connectivity index (χ4v) is 4.08. The summed E-state index contributed by atoms with van der Waals surface area (Å²) >= 11 is 7.56. The molecule has 164 valence electrons. The molecule has 0 radical (unpaired) electrons. The van der Waals surface area contributed by atoms with Gasteiger partial charge in [0.15, 0.2) is 11.0 Å². The largest absolute Gasteiger partial charge is 0.495 e. The van der Waals surface area contributed by atoms with Crippen molar-refractivity contribution in [2.75, 3.05) is 31.1 Å². The number of para-hydroxylation sites is 1. The van der Waals surface area contributed by atoms with Gasteiger partial charge in [-0.25, -0.2) is 0 Å². The van der Waals surface area contributed by atoms with Crippen LogP contribution in [-0.2, 0) is 4.18 Å². The average Bonchev–Trinajstić information content (AvgIpc) is 2.75. The van der Waals surface area contributed by atoms with E-state index in [1.165, 1.54) is 17.3 Å². The molecule has 0 aliphatic carbocycles. The van der Waals surface area contributed by atoms with E-state index in [4.69, 9.17) is 20.5 Å². The molecule has 10 heteroatoms. The molecule has 0 spiro atoms. The zero-order valence-corrected chi connectivity index (χ0v) is 20.5. The predicted molar refractivity (Wildman–Crippen MR) is 131 cm³/mol. The predicted octanol–water partition coefficient (Wildman–Crippen LogP) is 5.82. The number of hydrogen-bond donors (Lipinski definition) is 2. The molecular formula is C21H25ClN5O2PS. The standard InChI is InChI=1S/C21H25ClN5O2PS/c1-13(2)29-31-18-9-7-6-8-15(18)23-20-19(22)26-27-21(25-20)24-16-12-14(30(4)5)10-11-17(16)28-3/h6-13H,1-5H3,(H2,23,24,25,27). The van der Waals surface area contributed by atoms with Gasteiger partial charge in [-0.05, 0) is 56.7 Å². The molecule has 7 nitrogen and oxygen atoms in total. The lowest BCUT2D eigenvalue weighted by molar-refractivity contribution is 0.289. The number of halogens is 1. The first kappa shape index (κ1) is 23.5. The van der Waals surface area contributed by atoms with Crippen molar-refractivity contribution in [2.24, 2.45) is 0 Å². The summed E-state index contributed by atoms with van der Waals surface area (Å²) in [6, 6.07) is 13.8. The van der Waals surface area contributed by atoms with Gasteiger partial charge in [-0.3, -0.25) is 0 Å². The van der Waals surface area contributed by atoms with Crippen LogP contribution >= 0.6 is 31.6 Å². The first-order valence-electron chi connectivity index (χ1n) is 9.59. The molecule has 0 saturated heterocycles. The highest BCUT2D eigenvalue weighted by Gasteiger charge is 2.13. The van der Waals surface area contributed by atoms with E-state index in [9.17, 15) is 0 Å². The van der Waals surface area contributed by atoms with Crippen LogP contribution in [0, 0.1) is 0 Å². The Balaban J connectivity index is 1.86. The number of aromatic nitrogens is 3. The number of anilines is 4. The monoisotopic (exact) mass is 477 g/mol. The molecule has 0 unspecified atom stereocenters. The molecule has 0 amide bonds. The van der Waals surface area contributed by atoms with E-state index in [0.29, 0.717) is 17.5 Å². The quantitative estimate of drug-likeness (QED) is 0.295. The summed E-state index contributed by atoms with van der Waals surface area (Å²) in [6.45, 7) is 8.36. The van der Waals surface area contributed by atoms with Crippen LogP contribution in [-0.4, -0.2) is 41.7 Å². The van der Waals surface area contributed by atoms with Crippen LogP contribution in [0.5, 0.6) is 5.75 Å². The maximum Gasteiger partial charge on any atom is 0.249 e. The van der Waals surface area contributed by atoms with Gasteiger partial charge in [-0.1, -0.05) is 37.7 Å². The van der Waals surface area contributed by atoms with E-state index < -0.39 is 0 Å². The maximum absolute atomic E-state index is 6.27. The summed E-state index contributed by atoms with van der Waals surface area (Å²) < 4.78 is 11.1. The van der Waals surface area contributed by atoms with Crippen molar-refractivity contribution < 1.29 is 8.92 Å². The van der Waals surface area contributed by atoms with Crippen LogP contribution in [0.15, 0.2) is 47.4 Å². The van der Waals surface area contributed by atoms with Crippen molar-refractivity contribution in [3.05, 3.63) is 47.6 Å². The number of benzene rings is 2. The van der Waals surface area contributed by atoms with E-state index in [-0.39, 0.29) is 19.2 Å². The smallest absolute Gasteiger partial charge is 0.249 e. The highest BCUT2D eigenvalue weighted by atomic mass is 35.5. The minimum Gasteiger partial charge on any atom is -0.495 e. The van der Waals surface area contributed by atoms with Gasteiger partial charge in [0.2, 0.25) is 5.95 Å².